The van der Waals surface area contributed by atoms with Gasteiger partial charge in [-0.15, -0.1) is 12.4 Å². The second kappa shape index (κ2) is 18.6. The van der Waals surface area contributed by atoms with Crippen LogP contribution in [0.1, 0.15) is 55.4 Å². The van der Waals surface area contributed by atoms with Crippen LogP contribution >= 0.6 is 28.3 Å². The number of piperazine rings is 2. The number of aliphatic hydroxyl groups excluding tert-OH is 2. The van der Waals surface area contributed by atoms with Crippen LogP contribution in [0.5, 0.6) is 0 Å². The third-order valence-electron chi connectivity index (χ3n) is 10.6. The zero-order chi connectivity index (χ0) is 35.9. The molecule has 0 aromatic heterocycles. The van der Waals surface area contributed by atoms with Crippen molar-refractivity contribution >= 4 is 64.9 Å². The van der Waals surface area contributed by atoms with Gasteiger partial charge in [0, 0.05) is 75.6 Å². The number of hydrogen-bond donors (Lipinski definition) is 3. The van der Waals surface area contributed by atoms with E-state index in [1.54, 1.807) is 0 Å². The Balaban J connectivity index is 0.000000242. The molecular weight excluding hydrogens is 721 g/mol. The Hall–Kier alpha value is -1.38. The Morgan fingerprint density at radius 1 is 0.600 bits per heavy atom. The quantitative estimate of drug-likeness (QED) is 0.287. The fraction of sp³-hybridized carbons (Fsp3) is 0.667. The van der Waals surface area contributed by atoms with Crippen LogP contribution in [-0.4, -0.2) is 129 Å². The minimum absolute atomic E-state index is 0. The van der Waals surface area contributed by atoms with Crippen molar-refractivity contribution in [1.29, 1.82) is 0 Å². The van der Waals surface area contributed by atoms with E-state index < -0.39 is 0 Å². The summed E-state index contributed by atoms with van der Waals surface area (Å²) in [4.78, 5) is 7.10. The number of nitrogens with one attached hydrogen (secondary N) is 1. The van der Waals surface area contributed by atoms with Gasteiger partial charge in [-0.05, 0) is 90.6 Å². The van der Waals surface area contributed by atoms with Crippen molar-refractivity contribution < 1.29 is 28.8 Å². The van der Waals surface area contributed by atoms with Crippen molar-refractivity contribution in [2.75, 3.05) is 87.2 Å². The van der Waals surface area contributed by atoms with Crippen LogP contribution in [0.25, 0.3) is 0 Å². The maximum atomic E-state index is 9.03. The second-order valence-corrected chi connectivity index (χ2v) is 15.9. The first-order valence-electron chi connectivity index (χ1n) is 17.7. The summed E-state index contributed by atoms with van der Waals surface area (Å²) >= 11 is 3.00. The molecule has 0 amide bonds. The fourth-order valence-corrected chi connectivity index (χ4v) is 5.94. The first-order chi connectivity index (χ1) is 23.1. The van der Waals surface area contributed by atoms with Crippen LogP contribution in [0.15, 0.2) is 48.5 Å². The first kappa shape index (κ1) is 43.0. The summed E-state index contributed by atoms with van der Waals surface area (Å²) in [5, 5.41) is 20.9. The molecule has 0 atom stereocenters. The van der Waals surface area contributed by atoms with E-state index in [1.807, 2.05) is 0 Å². The molecule has 2 aromatic rings. The summed E-state index contributed by atoms with van der Waals surface area (Å²) in [5.74, 6) is 0. The minimum atomic E-state index is -0.306. The first-order valence-corrected chi connectivity index (χ1v) is 18.9. The molecule has 4 aliphatic heterocycles. The zero-order valence-corrected chi connectivity index (χ0v) is 33.8. The maximum absolute atomic E-state index is 9.03. The molecule has 0 spiro atoms. The van der Waals surface area contributed by atoms with Gasteiger partial charge in [-0.25, -0.2) is 0 Å². The van der Waals surface area contributed by atoms with Crippen molar-refractivity contribution in [2.45, 2.75) is 77.8 Å². The molecule has 280 valence electrons. The fourth-order valence-electron chi connectivity index (χ4n) is 5.94. The van der Waals surface area contributed by atoms with Gasteiger partial charge in [-0.3, -0.25) is 4.90 Å². The Kier molecular flexibility index (Phi) is 16.0. The summed E-state index contributed by atoms with van der Waals surface area (Å²) in [5.41, 5.74) is 3.49. The maximum Gasteiger partial charge on any atom is 0.494 e. The average molecular weight is 782 g/mol. The number of anilines is 2. The van der Waals surface area contributed by atoms with E-state index in [0.717, 1.165) is 69.8 Å². The monoisotopic (exact) mass is 780 g/mol. The lowest BCUT2D eigenvalue weighted by Crippen LogP contribution is -2.47. The van der Waals surface area contributed by atoms with E-state index in [-0.39, 0.29) is 62.3 Å². The third kappa shape index (κ3) is 10.8. The summed E-state index contributed by atoms with van der Waals surface area (Å²) in [7, 11) is -0.572. The van der Waals surface area contributed by atoms with E-state index in [4.69, 9.17) is 28.8 Å². The van der Waals surface area contributed by atoms with Crippen LogP contribution in [-0.2, 0) is 18.6 Å². The molecule has 10 nitrogen and oxygen atoms in total. The smallest absolute Gasteiger partial charge is 0.399 e. The summed E-state index contributed by atoms with van der Waals surface area (Å²) in [6.45, 7) is 26.1. The highest BCUT2D eigenvalue weighted by Crippen LogP contribution is 2.37. The van der Waals surface area contributed by atoms with E-state index in [1.165, 1.54) is 11.4 Å². The highest BCUT2D eigenvalue weighted by Gasteiger charge is 2.52. The van der Waals surface area contributed by atoms with E-state index in [2.05, 4.69) is 140 Å². The Bertz CT molecular complexity index is 1260. The lowest BCUT2D eigenvalue weighted by atomic mass is 9.79. The number of halogens is 2. The normalized spacial score (nSPS) is 22.2. The van der Waals surface area contributed by atoms with E-state index in [0.29, 0.717) is 5.33 Å². The molecule has 2 aromatic carbocycles. The van der Waals surface area contributed by atoms with Crippen molar-refractivity contribution in [2.24, 2.45) is 0 Å². The average Bonchev–Trinajstić information content (AvgIpc) is 3.45. The third-order valence-corrected chi connectivity index (χ3v) is 10.9. The predicted molar refractivity (Wildman–Crippen MR) is 213 cm³/mol. The van der Waals surface area contributed by atoms with E-state index >= 15 is 0 Å². The molecule has 14 heteroatoms. The number of β-amino-alcohol motifs (C(OH)–C–C–N with tert-alkyl or cyclic N) is 1. The van der Waals surface area contributed by atoms with Gasteiger partial charge >= 0.3 is 14.2 Å². The number of nitrogens with zero attached hydrogens (tertiary/aromatic N) is 3. The highest BCUT2D eigenvalue weighted by atomic mass is 79.9. The Morgan fingerprint density at radius 3 is 1.26 bits per heavy atom. The van der Waals surface area contributed by atoms with Crippen LogP contribution in [0.3, 0.4) is 0 Å². The number of alkyl halides is 1. The van der Waals surface area contributed by atoms with Crippen molar-refractivity contribution in [1.82, 2.24) is 10.2 Å². The largest absolute Gasteiger partial charge is 0.494 e. The van der Waals surface area contributed by atoms with Gasteiger partial charge < -0.3 is 43.9 Å². The number of aliphatic hydroxyl groups is 2. The van der Waals surface area contributed by atoms with Crippen LogP contribution < -0.4 is 26.0 Å². The molecule has 4 aliphatic rings. The molecular formula is C36H60B2BrClN4O6. The van der Waals surface area contributed by atoms with Gasteiger partial charge in [-0.1, -0.05) is 40.2 Å². The van der Waals surface area contributed by atoms with Crippen LogP contribution in [0, 0.1) is 0 Å². The second-order valence-electron chi connectivity index (χ2n) is 15.1. The lowest BCUT2D eigenvalue weighted by molar-refractivity contribution is 0.00578. The Labute approximate surface area is 316 Å². The predicted octanol–water partition coefficient (Wildman–Crippen LogP) is 3.29. The van der Waals surface area contributed by atoms with Crippen molar-refractivity contribution in [3.8, 4) is 0 Å². The number of benzene rings is 2. The number of hydrogen-bond acceptors (Lipinski definition) is 10. The molecule has 0 aliphatic carbocycles. The minimum Gasteiger partial charge on any atom is -0.399 e. The molecule has 3 N–H and O–H groups in total. The van der Waals surface area contributed by atoms with Gasteiger partial charge in [0.2, 0.25) is 0 Å². The van der Waals surface area contributed by atoms with Gasteiger partial charge in [0.05, 0.1) is 35.6 Å². The van der Waals surface area contributed by atoms with Gasteiger partial charge in [-0.2, -0.15) is 0 Å². The molecule has 50 heavy (non-hydrogen) atoms. The molecule has 4 saturated heterocycles. The summed E-state index contributed by atoms with van der Waals surface area (Å²) in [6, 6.07) is 17.1. The van der Waals surface area contributed by atoms with E-state index in [9.17, 15) is 0 Å². The highest BCUT2D eigenvalue weighted by molar-refractivity contribution is 9.09. The van der Waals surface area contributed by atoms with Gasteiger partial charge in [0.1, 0.15) is 0 Å². The summed E-state index contributed by atoms with van der Waals surface area (Å²) < 4.78 is 24.4. The van der Waals surface area contributed by atoms with Gasteiger partial charge in [0.25, 0.3) is 0 Å². The van der Waals surface area contributed by atoms with Gasteiger partial charge in [0.15, 0.2) is 0 Å². The van der Waals surface area contributed by atoms with Crippen LogP contribution in [0.4, 0.5) is 11.4 Å². The topological polar surface area (TPSA) is 99.1 Å². The number of rotatable bonds is 7. The summed E-state index contributed by atoms with van der Waals surface area (Å²) in [6.07, 6.45) is 0. The lowest BCUT2D eigenvalue weighted by Gasteiger charge is -2.35. The molecule has 0 saturated carbocycles. The van der Waals surface area contributed by atoms with Crippen LogP contribution in [0.2, 0.25) is 0 Å². The van der Waals surface area contributed by atoms with Crippen molar-refractivity contribution in [3.63, 3.8) is 0 Å². The molecule has 6 rings (SSSR count). The standard InChI is InChI=1S/C18H29BN2O3.C16H25BN2O2.C2H5BrO.ClH/c1-17(2)18(3,4)24-19(23-17)15-5-7-16(8-6-15)21-11-9-20(10-12-21)13-14-22;1-15(2)16(3,4)21-17(20-15)13-5-7-14(8-6-13)19-11-9-18-10-12-19;3-1-2-4;/h5-8,22H,9-14H2,1-4H3;5-8,18H,9-12H2,1-4H3;4H,1-2H2;1H. The van der Waals surface area contributed by atoms with Crippen molar-refractivity contribution in [3.05, 3.63) is 48.5 Å². The molecule has 0 bridgehead atoms. The molecule has 0 radical (unpaired) electrons. The SMILES string of the molecule is CC1(C)OB(c2ccc(N3CCN(CCO)CC3)cc2)OC1(C)C.CC1(C)OB(c2ccc(N3CCNCC3)cc2)OC1(C)C.Cl.OCCBr. The molecule has 4 fully saturated rings. The zero-order valence-electron chi connectivity index (χ0n) is 31.4. The Morgan fingerprint density at radius 2 is 0.940 bits per heavy atom. The molecule has 4 heterocycles. The molecule has 0 unspecified atom stereocenters.